The van der Waals surface area contributed by atoms with Crippen molar-refractivity contribution in [3.63, 3.8) is 0 Å². The molecule has 0 unspecified atom stereocenters. The number of rotatable bonds is 9. The van der Waals surface area contributed by atoms with Crippen LogP contribution in [-0.4, -0.2) is 49.7 Å². The number of fused-ring (bicyclic) bond motifs is 1. The first kappa shape index (κ1) is 20.3. The van der Waals surface area contributed by atoms with Crippen molar-refractivity contribution in [1.82, 2.24) is 0 Å². The van der Waals surface area contributed by atoms with Gasteiger partial charge in [0, 0.05) is 16.2 Å². The summed E-state index contributed by atoms with van der Waals surface area (Å²) in [5.41, 5.74) is 0. The smallest absolute Gasteiger partial charge is 0.333 e. The van der Waals surface area contributed by atoms with Crippen molar-refractivity contribution in [3.05, 3.63) is 22.8 Å². The summed E-state index contributed by atoms with van der Waals surface area (Å²) in [6, 6.07) is 2.33. The lowest BCUT2D eigenvalue weighted by atomic mass is 10.1. The number of benzene rings is 1. The van der Waals surface area contributed by atoms with Gasteiger partial charge in [0.05, 0.1) is 38.7 Å². The molecule has 0 bridgehead atoms. The Balaban J connectivity index is 2.41. The van der Waals surface area contributed by atoms with Crippen LogP contribution >= 0.6 is 11.3 Å². The summed E-state index contributed by atoms with van der Waals surface area (Å²) in [5.74, 6) is -6.14. The molecule has 0 radical (unpaired) electrons. The highest BCUT2D eigenvalue weighted by molar-refractivity contribution is 7.19. The van der Waals surface area contributed by atoms with Gasteiger partial charge in [0.2, 0.25) is 0 Å². The molecule has 1 atom stereocenters. The lowest BCUT2D eigenvalue weighted by molar-refractivity contribution is -0.158. The highest BCUT2D eigenvalue weighted by Gasteiger charge is 2.40. The standard InChI is InChI=1S/C16H17F3O6S/c1-23-9-6-11-8(13(17)14(9)24-2)5-12(26-11)16(18,19)7-10(15(21)22)25-4-3-20/h5-6,10,20H,3-4,7H2,1-2H3,(H,21,22)/t10-/m0/s1. The lowest BCUT2D eigenvalue weighted by Crippen LogP contribution is -2.31. The molecule has 0 aliphatic rings. The topological polar surface area (TPSA) is 85.2 Å². The molecule has 2 N–H and O–H groups in total. The highest BCUT2D eigenvalue weighted by Crippen LogP contribution is 2.45. The van der Waals surface area contributed by atoms with Crippen LogP contribution in [0.2, 0.25) is 0 Å². The molecule has 10 heteroatoms. The molecule has 0 fully saturated rings. The summed E-state index contributed by atoms with van der Waals surface area (Å²) in [4.78, 5) is 10.6. The fraction of sp³-hybridized carbons (Fsp3) is 0.438. The third-order valence-electron chi connectivity index (χ3n) is 3.59. The largest absolute Gasteiger partial charge is 0.493 e. The van der Waals surface area contributed by atoms with Crippen LogP contribution in [-0.2, 0) is 15.5 Å². The van der Waals surface area contributed by atoms with Crippen LogP contribution in [0.5, 0.6) is 11.5 Å². The first-order valence-electron chi connectivity index (χ1n) is 7.42. The van der Waals surface area contributed by atoms with E-state index in [1.54, 1.807) is 0 Å². The Morgan fingerprint density at radius 3 is 2.54 bits per heavy atom. The molecular weight excluding hydrogens is 377 g/mol. The second-order valence-electron chi connectivity index (χ2n) is 5.28. The number of carbonyl (C=O) groups is 1. The van der Waals surface area contributed by atoms with Gasteiger partial charge in [-0.15, -0.1) is 11.3 Å². The molecule has 1 aromatic heterocycles. The quantitative estimate of drug-likeness (QED) is 0.680. The van der Waals surface area contributed by atoms with E-state index in [9.17, 15) is 18.0 Å². The van der Waals surface area contributed by atoms with Gasteiger partial charge in [-0.3, -0.25) is 0 Å². The van der Waals surface area contributed by atoms with Crippen molar-refractivity contribution >= 4 is 27.4 Å². The Morgan fingerprint density at radius 1 is 1.31 bits per heavy atom. The summed E-state index contributed by atoms with van der Waals surface area (Å²) >= 11 is 0.621. The van der Waals surface area contributed by atoms with Crippen molar-refractivity contribution in [2.45, 2.75) is 18.4 Å². The van der Waals surface area contributed by atoms with Crippen LogP contribution in [0.4, 0.5) is 13.2 Å². The zero-order chi connectivity index (χ0) is 19.5. The molecule has 2 aromatic rings. The van der Waals surface area contributed by atoms with E-state index in [-0.39, 0.29) is 28.2 Å². The third-order valence-corrected chi connectivity index (χ3v) is 4.79. The molecular formula is C16H17F3O6S. The normalized spacial score (nSPS) is 13.0. The number of hydrogen-bond acceptors (Lipinski definition) is 6. The van der Waals surface area contributed by atoms with Crippen LogP contribution < -0.4 is 9.47 Å². The fourth-order valence-electron chi connectivity index (χ4n) is 2.37. The number of alkyl halides is 2. The summed E-state index contributed by atoms with van der Waals surface area (Å²) in [6.45, 7) is -0.883. The van der Waals surface area contributed by atoms with E-state index in [0.29, 0.717) is 11.3 Å². The lowest BCUT2D eigenvalue weighted by Gasteiger charge is -2.19. The number of halogens is 3. The van der Waals surface area contributed by atoms with Gasteiger partial charge in [-0.2, -0.15) is 0 Å². The number of aliphatic hydroxyl groups excluding tert-OH is 1. The number of methoxy groups -OCH3 is 2. The molecule has 2 rings (SSSR count). The van der Waals surface area contributed by atoms with Crippen LogP contribution in [0.3, 0.4) is 0 Å². The summed E-state index contributed by atoms with van der Waals surface area (Å²) in [5, 5.41) is 17.6. The second kappa shape index (κ2) is 8.11. The Hall–Kier alpha value is -2.04. The molecule has 0 saturated heterocycles. The molecule has 1 aromatic carbocycles. The number of aliphatic hydroxyl groups is 1. The highest BCUT2D eigenvalue weighted by atomic mass is 32.1. The van der Waals surface area contributed by atoms with Crippen molar-refractivity contribution < 1.29 is 42.4 Å². The molecule has 144 valence electrons. The van der Waals surface area contributed by atoms with Crippen molar-refractivity contribution in [2.75, 3.05) is 27.4 Å². The predicted molar refractivity (Wildman–Crippen MR) is 87.9 cm³/mol. The van der Waals surface area contributed by atoms with Crippen molar-refractivity contribution in [2.24, 2.45) is 0 Å². The van der Waals surface area contributed by atoms with Gasteiger partial charge in [-0.05, 0) is 6.07 Å². The van der Waals surface area contributed by atoms with Gasteiger partial charge in [-0.1, -0.05) is 0 Å². The molecule has 1 heterocycles. The first-order chi connectivity index (χ1) is 12.2. The van der Waals surface area contributed by atoms with Crippen LogP contribution in [0, 0.1) is 5.82 Å². The van der Waals surface area contributed by atoms with E-state index in [4.69, 9.17) is 24.4 Å². The second-order valence-corrected chi connectivity index (χ2v) is 6.36. The van der Waals surface area contributed by atoms with E-state index in [1.165, 1.54) is 20.3 Å². The predicted octanol–water partition coefficient (Wildman–Crippen LogP) is 3.00. The minimum atomic E-state index is -3.57. The maximum absolute atomic E-state index is 14.5. The molecule has 26 heavy (non-hydrogen) atoms. The number of thiophene rings is 1. The maximum atomic E-state index is 14.5. The van der Waals surface area contributed by atoms with Gasteiger partial charge < -0.3 is 24.4 Å². The SMILES string of the molecule is COc1cc2sc(C(F)(F)C[C@H](OCCO)C(=O)O)cc2c(F)c1OC. The van der Waals surface area contributed by atoms with Crippen LogP contribution in [0.1, 0.15) is 11.3 Å². The minimum Gasteiger partial charge on any atom is -0.493 e. The minimum absolute atomic E-state index is 0.0592. The Morgan fingerprint density at radius 2 is 2.00 bits per heavy atom. The monoisotopic (exact) mass is 394 g/mol. The summed E-state index contributed by atoms with van der Waals surface area (Å²) < 4.78 is 58.4. The van der Waals surface area contributed by atoms with E-state index >= 15 is 0 Å². The van der Waals surface area contributed by atoms with Gasteiger partial charge in [-0.25, -0.2) is 18.0 Å². The number of carboxylic acids is 1. The van der Waals surface area contributed by atoms with E-state index in [1.807, 2.05) is 0 Å². The van der Waals surface area contributed by atoms with Crippen LogP contribution in [0.15, 0.2) is 12.1 Å². The molecule has 0 amide bonds. The Labute approximate surface area is 150 Å². The van der Waals surface area contributed by atoms with Gasteiger partial charge in [0.1, 0.15) is 0 Å². The summed E-state index contributed by atoms with van der Waals surface area (Å²) in [7, 11) is 2.52. The zero-order valence-electron chi connectivity index (χ0n) is 13.9. The van der Waals surface area contributed by atoms with Gasteiger partial charge in [0.15, 0.2) is 23.4 Å². The van der Waals surface area contributed by atoms with Crippen molar-refractivity contribution in [3.8, 4) is 11.5 Å². The third kappa shape index (κ3) is 4.02. The maximum Gasteiger partial charge on any atom is 0.333 e. The zero-order valence-corrected chi connectivity index (χ0v) is 14.7. The van der Waals surface area contributed by atoms with Crippen molar-refractivity contribution in [1.29, 1.82) is 0 Å². The number of carboxylic acid groups (broad SMARTS) is 1. The fourth-order valence-corrected chi connectivity index (χ4v) is 3.44. The van der Waals surface area contributed by atoms with E-state index in [2.05, 4.69) is 0 Å². The Bertz CT molecular complexity index is 792. The van der Waals surface area contributed by atoms with Gasteiger partial charge >= 0.3 is 5.97 Å². The molecule has 0 aliphatic heterocycles. The number of aliphatic carboxylic acids is 1. The number of ether oxygens (including phenoxy) is 3. The van der Waals surface area contributed by atoms with Crippen LogP contribution in [0.25, 0.3) is 10.1 Å². The number of hydrogen-bond donors (Lipinski definition) is 2. The average molecular weight is 394 g/mol. The molecule has 6 nitrogen and oxygen atoms in total. The average Bonchev–Trinajstić information content (AvgIpc) is 3.03. The molecule has 0 aliphatic carbocycles. The molecule has 0 spiro atoms. The van der Waals surface area contributed by atoms with E-state index < -0.39 is 41.7 Å². The molecule has 0 saturated carbocycles. The Kier molecular flexibility index (Phi) is 6.32. The van der Waals surface area contributed by atoms with E-state index in [0.717, 1.165) is 6.07 Å². The van der Waals surface area contributed by atoms with Gasteiger partial charge in [0.25, 0.3) is 5.92 Å². The summed E-state index contributed by atoms with van der Waals surface area (Å²) in [6.07, 6.45) is -2.96. The first-order valence-corrected chi connectivity index (χ1v) is 8.24.